The fraction of sp³-hybridized carbons (Fsp3) is 0.0455. The van der Waals surface area contributed by atoms with E-state index in [0.717, 1.165) is 0 Å². The Labute approximate surface area is 197 Å². The lowest BCUT2D eigenvalue weighted by atomic mass is 10.2. The van der Waals surface area contributed by atoms with E-state index in [4.69, 9.17) is 0 Å². The smallest absolute Gasteiger partial charge is 0.405 e. The molecule has 5 aromatic rings. The van der Waals surface area contributed by atoms with E-state index >= 15 is 0 Å². The van der Waals surface area contributed by atoms with Crippen LogP contribution in [0.3, 0.4) is 0 Å². The zero-order valence-corrected chi connectivity index (χ0v) is 18.5. The van der Waals surface area contributed by atoms with Crippen LogP contribution in [-0.4, -0.2) is 30.9 Å². The summed E-state index contributed by atoms with van der Waals surface area (Å²) in [5.41, 5.74) is 0.499. The number of halogens is 4. The van der Waals surface area contributed by atoms with E-state index in [1.807, 2.05) is 0 Å². The van der Waals surface area contributed by atoms with Crippen LogP contribution < -0.4 is 15.6 Å². The molecule has 3 heterocycles. The van der Waals surface area contributed by atoms with Gasteiger partial charge in [0.15, 0.2) is 11.5 Å². The van der Waals surface area contributed by atoms with Gasteiger partial charge in [0.1, 0.15) is 11.4 Å². The Kier molecular flexibility index (Phi) is 5.36. The maximum atomic E-state index is 13.0. The summed E-state index contributed by atoms with van der Waals surface area (Å²) in [6.45, 7) is 0. The number of benzene rings is 2. The predicted octanol–water partition coefficient (Wildman–Crippen LogP) is 5.10. The average Bonchev–Trinajstić information content (AvgIpc) is 3.12. The molecule has 5 rings (SSSR count). The number of alkyl halides is 3. The highest BCUT2D eigenvalue weighted by Crippen LogP contribution is 2.35. The van der Waals surface area contributed by atoms with Crippen molar-refractivity contribution >= 4 is 44.1 Å². The van der Waals surface area contributed by atoms with Gasteiger partial charge in [0, 0.05) is 16.1 Å². The van der Waals surface area contributed by atoms with Crippen molar-refractivity contribution in [2.24, 2.45) is 0 Å². The van der Waals surface area contributed by atoms with Gasteiger partial charge < -0.3 is 10.1 Å². The predicted molar refractivity (Wildman–Crippen MR) is 122 cm³/mol. The van der Waals surface area contributed by atoms with Gasteiger partial charge in [-0.05, 0) is 42.5 Å². The second-order valence-electron chi connectivity index (χ2n) is 6.99. The Morgan fingerprint density at radius 2 is 1.79 bits per heavy atom. The van der Waals surface area contributed by atoms with Gasteiger partial charge in [-0.2, -0.15) is 4.52 Å². The van der Waals surface area contributed by atoms with Crippen LogP contribution in [0, 0.1) is 0 Å². The number of anilines is 2. The lowest BCUT2D eigenvalue weighted by Gasteiger charge is -2.12. The number of aromatic nitrogens is 5. The van der Waals surface area contributed by atoms with E-state index in [9.17, 15) is 18.0 Å². The quantitative estimate of drug-likeness (QED) is 0.346. The Hall–Kier alpha value is -4.06. The molecule has 0 aliphatic carbocycles. The van der Waals surface area contributed by atoms with Crippen molar-refractivity contribution in [3.63, 3.8) is 0 Å². The van der Waals surface area contributed by atoms with E-state index in [-0.39, 0.29) is 23.0 Å². The number of nitrogens with one attached hydrogen (secondary N) is 1. The van der Waals surface area contributed by atoms with Crippen molar-refractivity contribution in [1.82, 2.24) is 24.6 Å². The number of hydrogen-bond donors (Lipinski definition) is 1. The molecule has 0 amide bonds. The second-order valence-corrected chi connectivity index (χ2v) is 7.90. The topological polar surface area (TPSA) is 94.3 Å². The minimum atomic E-state index is -4.91. The first-order chi connectivity index (χ1) is 16.3. The monoisotopic (exact) mass is 528 g/mol. The molecule has 0 aliphatic rings. The summed E-state index contributed by atoms with van der Waals surface area (Å²) >= 11 is 3.15. The van der Waals surface area contributed by atoms with Crippen LogP contribution in [0.1, 0.15) is 0 Å². The molecule has 170 valence electrons. The van der Waals surface area contributed by atoms with Crippen molar-refractivity contribution in [1.29, 1.82) is 0 Å². The highest BCUT2D eigenvalue weighted by molar-refractivity contribution is 9.10. The highest BCUT2D eigenvalue weighted by Gasteiger charge is 2.33. The summed E-state index contributed by atoms with van der Waals surface area (Å²) in [6.07, 6.45) is -3.55. The maximum Gasteiger partial charge on any atom is 0.573 e. The first-order valence-corrected chi connectivity index (χ1v) is 10.5. The molecule has 0 saturated heterocycles. The summed E-state index contributed by atoms with van der Waals surface area (Å²) in [4.78, 5) is 25.1. The Balaban J connectivity index is 1.73. The molecular weight excluding hydrogens is 517 g/mol. The lowest BCUT2D eigenvalue weighted by Crippen LogP contribution is -2.17. The van der Waals surface area contributed by atoms with E-state index < -0.39 is 17.7 Å². The van der Waals surface area contributed by atoms with E-state index in [2.05, 4.69) is 46.0 Å². The molecule has 8 nitrogen and oxygen atoms in total. The molecule has 0 bridgehead atoms. The fourth-order valence-electron chi connectivity index (χ4n) is 3.31. The highest BCUT2D eigenvalue weighted by atomic mass is 79.9. The first kappa shape index (κ1) is 21.8. The van der Waals surface area contributed by atoms with Gasteiger partial charge in [0.05, 0.1) is 11.1 Å². The number of para-hydroxylation sites is 1. The molecule has 1 N–H and O–H groups in total. The van der Waals surface area contributed by atoms with Crippen molar-refractivity contribution in [3.8, 4) is 17.1 Å². The molecule has 34 heavy (non-hydrogen) atoms. The molecule has 2 aromatic carbocycles. The molecule has 0 unspecified atom stereocenters. The molecular formula is C22H12BrF3N6O2. The third-order valence-electron chi connectivity index (χ3n) is 4.72. The van der Waals surface area contributed by atoms with Crippen molar-refractivity contribution in [2.75, 3.05) is 5.32 Å². The summed E-state index contributed by atoms with van der Waals surface area (Å²) in [6, 6.07) is 16.0. The minimum Gasteiger partial charge on any atom is -0.405 e. The molecule has 0 aliphatic heterocycles. The average molecular weight is 529 g/mol. The van der Waals surface area contributed by atoms with Gasteiger partial charge in [-0.1, -0.05) is 34.1 Å². The maximum absolute atomic E-state index is 13.0. The SMILES string of the molecule is O=c1nccccc1Nc1nc2ccccc2c2nc(-c3ccc(Br)cc3OC(F)(F)F)nn12. The Bertz CT molecular complexity index is 1610. The standard InChI is InChI=1S/C22H12BrF3N6O2/c23-12-8-9-14(17(11-12)34-22(24,25)26)18-30-19-13-5-1-2-6-15(13)28-21(32(19)31-18)29-16-7-3-4-10-27-20(16)33/h1-11H,(H,27,28,29,33). The number of fused-ring (bicyclic) bond motifs is 3. The molecule has 0 radical (unpaired) electrons. The molecule has 0 fully saturated rings. The van der Waals surface area contributed by atoms with Gasteiger partial charge in [0.2, 0.25) is 5.95 Å². The van der Waals surface area contributed by atoms with Crippen LogP contribution in [-0.2, 0) is 0 Å². The third-order valence-corrected chi connectivity index (χ3v) is 5.21. The summed E-state index contributed by atoms with van der Waals surface area (Å²) < 4.78 is 45.0. The Morgan fingerprint density at radius 1 is 1.00 bits per heavy atom. The summed E-state index contributed by atoms with van der Waals surface area (Å²) in [5.74, 6) is -0.356. The van der Waals surface area contributed by atoms with Crippen molar-refractivity contribution in [2.45, 2.75) is 6.36 Å². The minimum absolute atomic E-state index is 0.0213. The zero-order valence-electron chi connectivity index (χ0n) is 16.9. The normalized spacial score (nSPS) is 11.6. The van der Waals surface area contributed by atoms with Gasteiger partial charge in [-0.3, -0.25) is 4.79 Å². The summed E-state index contributed by atoms with van der Waals surface area (Å²) in [7, 11) is 0. The van der Waals surface area contributed by atoms with Crippen molar-refractivity contribution in [3.05, 3.63) is 81.7 Å². The largest absolute Gasteiger partial charge is 0.573 e. The fourth-order valence-corrected chi connectivity index (χ4v) is 3.65. The van der Waals surface area contributed by atoms with E-state index in [1.165, 1.54) is 28.9 Å². The molecule has 0 atom stereocenters. The van der Waals surface area contributed by atoms with E-state index in [0.29, 0.717) is 21.0 Å². The number of hydrogen-bond acceptors (Lipinski definition) is 7. The van der Waals surface area contributed by atoms with Gasteiger partial charge in [-0.15, -0.1) is 18.3 Å². The molecule has 0 saturated carbocycles. The molecule has 12 heteroatoms. The second kappa shape index (κ2) is 8.37. The number of nitrogens with zero attached hydrogens (tertiary/aromatic N) is 5. The summed E-state index contributed by atoms with van der Waals surface area (Å²) in [5, 5.41) is 7.91. The number of rotatable bonds is 4. The van der Waals surface area contributed by atoms with Crippen LogP contribution in [0.25, 0.3) is 27.9 Å². The molecule has 3 aromatic heterocycles. The van der Waals surface area contributed by atoms with Crippen LogP contribution in [0.2, 0.25) is 0 Å². The number of ether oxygens (including phenoxy) is 1. The lowest BCUT2D eigenvalue weighted by molar-refractivity contribution is -0.274. The van der Waals surface area contributed by atoms with Crippen LogP contribution >= 0.6 is 15.9 Å². The van der Waals surface area contributed by atoms with E-state index in [1.54, 1.807) is 42.5 Å². The Morgan fingerprint density at radius 3 is 2.62 bits per heavy atom. The zero-order chi connectivity index (χ0) is 23.9. The van der Waals surface area contributed by atoms with Crippen LogP contribution in [0.15, 0.2) is 76.1 Å². The first-order valence-electron chi connectivity index (χ1n) is 9.72. The van der Waals surface area contributed by atoms with Crippen LogP contribution in [0.4, 0.5) is 24.8 Å². The van der Waals surface area contributed by atoms with Gasteiger partial charge in [0.25, 0.3) is 5.56 Å². The van der Waals surface area contributed by atoms with Crippen molar-refractivity contribution < 1.29 is 17.9 Å². The van der Waals surface area contributed by atoms with Gasteiger partial charge in [-0.25, -0.2) is 15.0 Å². The van der Waals surface area contributed by atoms with Crippen LogP contribution in [0.5, 0.6) is 5.75 Å². The van der Waals surface area contributed by atoms with Gasteiger partial charge >= 0.3 is 6.36 Å². The molecule has 0 spiro atoms. The third kappa shape index (κ3) is 4.27.